The van der Waals surface area contributed by atoms with E-state index in [1.165, 1.54) is 0 Å². The molecule has 0 saturated carbocycles. The number of carbonyl (C=O) groups is 1. The number of nitrogens with zero attached hydrogens (tertiary/aromatic N) is 2. The third-order valence-corrected chi connectivity index (χ3v) is 3.48. The Bertz CT molecular complexity index is 459. The lowest BCUT2D eigenvalue weighted by Gasteiger charge is -2.29. The van der Waals surface area contributed by atoms with Gasteiger partial charge in [-0.25, -0.2) is 14.2 Å². The van der Waals surface area contributed by atoms with E-state index in [0.717, 1.165) is 38.2 Å². The molecule has 0 bridgehead atoms. The minimum atomic E-state index is -1.17. The van der Waals surface area contributed by atoms with Gasteiger partial charge in [-0.15, -0.1) is 0 Å². The number of likely N-dealkylation sites (tertiary alicyclic amines) is 1. The molecule has 6 heteroatoms. The molecular weight excluding hydrogens is 249 g/mol. The summed E-state index contributed by atoms with van der Waals surface area (Å²) in [5.41, 5.74) is -0.118. The third-order valence-electron chi connectivity index (χ3n) is 3.48. The van der Waals surface area contributed by atoms with Crippen molar-refractivity contribution >= 4 is 11.8 Å². The summed E-state index contributed by atoms with van der Waals surface area (Å²) in [5.74, 6) is -1.06. The molecule has 2 rings (SSSR count). The monoisotopic (exact) mass is 267 g/mol. The van der Waals surface area contributed by atoms with E-state index in [2.05, 4.69) is 22.2 Å². The molecule has 0 aliphatic carbocycles. The highest BCUT2D eigenvalue weighted by Gasteiger charge is 2.18. The molecule has 1 fully saturated rings. The number of aromatic carboxylic acids is 1. The van der Waals surface area contributed by atoms with Crippen LogP contribution in [0.1, 0.15) is 23.2 Å². The molecule has 19 heavy (non-hydrogen) atoms. The van der Waals surface area contributed by atoms with Crippen molar-refractivity contribution in [2.75, 3.05) is 32.0 Å². The summed E-state index contributed by atoms with van der Waals surface area (Å²) < 4.78 is 13.0. The van der Waals surface area contributed by atoms with Crippen LogP contribution < -0.4 is 5.32 Å². The predicted octanol–water partition coefficient (Wildman–Crippen LogP) is 1.67. The molecule has 104 valence electrons. The zero-order chi connectivity index (χ0) is 13.8. The molecule has 1 aliphatic heterocycles. The van der Waals surface area contributed by atoms with Gasteiger partial charge >= 0.3 is 5.97 Å². The van der Waals surface area contributed by atoms with Crippen LogP contribution in [0.2, 0.25) is 0 Å². The van der Waals surface area contributed by atoms with Gasteiger partial charge < -0.3 is 15.3 Å². The molecule has 1 aliphatic rings. The number of piperidine rings is 1. The SMILES string of the molecule is CN1CCC(CNc2ncc(F)cc2C(=O)O)CC1. The van der Waals surface area contributed by atoms with Crippen LogP contribution in [0.25, 0.3) is 0 Å². The van der Waals surface area contributed by atoms with Crippen molar-refractivity contribution in [2.24, 2.45) is 5.92 Å². The van der Waals surface area contributed by atoms with Gasteiger partial charge in [-0.05, 0) is 45.0 Å². The molecule has 1 saturated heterocycles. The van der Waals surface area contributed by atoms with Crippen molar-refractivity contribution in [1.82, 2.24) is 9.88 Å². The molecule has 1 aromatic heterocycles. The normalized spacial score (nSPS) is 17.4. The van der Waals surface area contributed by atoms with Crippen LogP contribution in [-0.2, 0) is 0 Å². The van der Waals surface area contributed by atoms with E-state index in [4.69, 9.17) is 5.11 Å². The summed E-state index contributed by atoms with van der Waals surface area (Å²) in [6.07, 6.45) is 3.18. The Morgan fingerprint density at radius 3 is 2.89 bits per heavy atom. The summed E-state index contributed by atoms with van der Waals surface area (Å²) in [6.45, 7) is 2.77. The summed E-state index contributed by atoms with van der Waals surface area (Å²) >= 11 is 0. The van der Waals surface area contributed by atoms with E-state index in [1.54, 1.807) is 0 Å². The Morgan fingerprint density at radius 2 is 2.26 bits per heavy atom. The van der Waals surface area contributed by atoms with Crippen molar-refractivity contribution in [3.8, 4) is 0 Å². The number of hydrogen-bond acceptors (Lipinski definition) is 4. The second-order valence-corrected chi connectivity index (χ2v) is 4.98. The molecule has 1 aromatic rings. The lowest BCUT2D eigenvalue weighted by Crippen LogP contribution is -2.33. The molecule has 0 amide bonds. The van der Waals surface area contributed by atoms with Gasteiger partial charge in [0, 0.05) is 6.54 Å². The second-order valence-electron chi connectivity index (χ2n) is 4.98. The molecule has 0 radical (unpaired) electrons. The fourth-order valence-corrected chi connectivity index (χ4v) is 2.25. The van der Waals surface area contributed by atoms with Crippen LogP contribution in [-0.4, -0.2) is 47.6 Å². The van der Waals surface area contributed by atoms with Gasteiger partial charge in [-0.3, -0.25) is 0 Å². The van der Waals surface area contributed by atoms with Crippen molar-refractivity contribution in [3.63, 3.8) is 0 Å². The zero-order valence-corrected chi connectivity index (χ0v) is 10.9. The number of rotatable bonds is 4. The molecule has 0 spiro atoms. The Balaban J connectivity index is 1.97. The minimum absolute atomic E-state index is 0.118. The maximum Gasteiger partial charge on any atom is 0.339 e. The van der Waals surface area contributed by atoms with E-state index in [9.17, 15) is 9.18 Å². The molecule has 0 atom stereocenters. The van der Waals surface area contributed by atoms with E-state index in [1.807, 2.05) is 0 Å². The van der Waals surface area contributed by atoms with Crippen LogP contribution in [0, 0.1) is 11.7 Å². The van der Waals surface area contributed by atoms with Gasteiger partial charge in [0.2, 0.25) is 0 Å². The average Bonchev–Trinajstić information content (AvgIpc) is 2.39. The summed E-state index contributed by atoms with van der Waals surface area (Å²) in [4.78, 5) is 17.1. The molecule has 2 heterocycles. The van der Waals surface area contributed by atoms with Crippen molar-refractivity contribution < 1.29 is 14.3 Å². The van der Waals surface area contributed by atoms with Crippen LogP contribution in [0.5, 0.6) is 0 Å². The lowest BCUT2D eigenvalue weighted by molar-refractivity contribution is 0.0697. The van der Waals surface area contributed by atoms with Crippen molar-refractivity contribution in [2.45, 2.75) is 12.8 Å². The third kappa shape index (κ3) is 3.64. The second kappa shape index (κ2) is 5.97. The van der Waals surface area contributed by atoms with Gasteiger partial charge in [-0.2, -0.15) is 0 Å². The first kappa shape index (κ1) is 13.7. The summed E-state index contributed by atoms with van der Waals surface area (Å²) in [6, 6.07) is 0.992. The number of aromatic nitrogens is 1. The van der Waals surface area contributed by atoms with Crippen molar-refractivity contribution in [3.05, 3.63) is 23.6 Å². The van der Waals surface area contributed by atoms with Crippen molar-refractivity contribution in [1.29, 1.82) is 0 Å². The smallest absolute Gasteiger partial charge is 0.339 e. The van der Waals surface area contributed by atoms with Gasteiger partial charge in [0.25, 0.3) is 0 Å². The summed E-state index contributed by atoms with van der Waals surface area (Å²) in [7, 11) is 2.09. The Kier molecular flexibility index (Phi) is 4.31. The number of hydrogen-bond donors (Lipinski definition) is 2. The fraction of sp³-hybridized carbons (Fsp3) is 0.538. The van der Waals surface area contributed by atoms with Crippen LogP contribution in [0.4, 0.5) is 10.2 Å². The van der Waals surface area contributed by atoms with E-state index >= 15 is 0 Å². The van der Waals surface area contributed by atoms with E-state index < -0.39 is 11.8 Å². The largest absolute Gasteiger partial charge is 0.478 e. The molecule has 0 unspecified atom stereocenters. The number of carboxylic acids is 1. The maximum absolute atomic E-state index is 13.0. The number of pyridine rings is 1. The molecular formula is C13H18FN3O2. The Morgan fingerprint density at radius 1 is 1.58 bits per heavy atom. The zero-order valence-electron chi connectivity index (χ0n) is 10.9. The number of nitrogens with one attached hydrogen (secondary N) is 1. The number of anilines is 1. The quantitative estimate of drug-likeness (QED) is 0.868. The van der Waals surface area contributed by atoms with Gasteiger partial charge in [0.05, 0.1) is 6.20 Å². The van der Waals surface area contributed by atoms with Crippen LogP contribution in [0.3, 0.4) is 0 Å². The first-order chi connectivity index (χ1) is 9.06. The average molecular weight is 267 g/mol. The highest BCUT2D eigenvalue weighted by molar-refractivity contribution is 5.93. The number of halogens is 1. The first-order valence-electron chi connectivity index (χ1n) is 6.37. The van der Waals surface area contributed by atoms with Crippen LogP contribution >= 0.6 is 0 Å². The lowest BCUT2D eigenvalue weighted by atomic mass is 9.97. The Labute approximate surface area is 111 Å². The highest BCUT2D eigenvalue weighted by Crippen LogP contribution is 2.18. The highest BCUT2D eigenvalue weighted by atomic mass is 19.1. The van der Waals surface area contributed by atoms with Crippen LogP contribution in [0.15, 0.2) is 12.3 Å². The standard InChI is InChI=1S/C13H18FN3O2/c1-17-4-2-9(3-5-17)7-15-12-11(13(18)19)6-10(14)8-16-12/h6,8-9H,2-5,7H2,1H3,(H,15,16)(H,18,19). The molecule has 5 nitrogen and oxygen atoms in total. The molecule has 0 aromatic carbocycles. The first-order valence-corrected chi connectivity index (χ1v) is 6.37. The van der Waals surface area contributed by atoms with E-state index in [0.29, 0.717) is 12.5 Å². The maximum atomic E-state index is 13.0. The van der Waals surface area contributed by atoms with E-state index in [-0.39, 0.29) is 11.4 Å². The number of carboxylic acid groups (broad SMARTS) is 1. The van der Waals surface area contributed by atoms with Gasteiger partial charge in [0.1, 0.15) is 17.2 Å². The van der Waals surface area contributed by atoms with Gasteiger partial charge in [-0.1, -0.05) is 0 Å². The Hall–Kier alpha value is -1.69. The topological polar surface area (TPSA) is 65.5 Å². The predicted molar refractivity (Wildman–Crippen MR) is 69.9 cm³/mol. The van der Waals surface area contributed by atoms with Gasteiger partial charge in [0.15, 0.2) is 0 Å². The minimum Gasteiger partial charge on any atom is -0.478 e. The summed E-state index contributed by atoms with van der Waals surface area (Å²) in [5, 5.41) is 12.0. The fourth-order valence-electron chi connectivity index (χ4n) is 2.25. The molecule has 2 N–H and O–H groups in total.